The molecule has 0 saturated carbocycles. The van der Waals surface area contributed by atoms with E-state index in [0.717, 1.165) is 18.3 Å². The predicted molar refractivity (Wildman–Crippen MR) is 40.8 cm³/mol. The quantitative estimate of drug-likeness (QED) is 0.608. The first-order chi connectivity index (χ1) is 4.84. The van der Waals surface area contributed by atoms with Crippen LogP contribution < -0.4 is 0 Å². The SMILES string of the molecule is [CH2-]CC[CH-]C1C[Xe]C[C@H]1[CH2-].[Yb+3]. The molecule has 1 rings (SSSR count). The van der Waals surface area contributed by atoms with Crippen LogP contribution in [0.3, 0.4) is 0 Å². The third-order valence-corrected chi connectivity index (χ3v) is 5.01. The van der Waals surface area contributed by atoms with E-state index in [-0.39, 0.29) is 46.9 Å². The molecule has 0 bridgehead atoms. The van der Waals surface area contributed by atoms with Crippen LogP contribution in [0.15, 0.2) is 0 Å². The van der Waals surface area contributed by atoms with Crippen molar-refractivity contribution in [3.05, 3.63) is 20.3 Å². The van der Waals surface area contributed by atoms with E-state index in [1.54, 1.807) is 0 Å². The number of rotatable bonds is 3. The fraction of sp³-hybridized carbons (Fsp3) is 0.667. The predicted octanol–water partition coefficient (Wildman–Crippen LogP) is 2.81. The van der Waals surface area contributed by atoms with Crippen LogP contribution in [0.25, 0.3) is 0 Å². The van der Waals surface area contributed by atoms with Gasteiger partial charge in [0.2, 0.25) is 0 Å². The summed E-state index contributed by atoms with van der Waals surface area (Å²) in [5.74, 6) is 1.59. The Balaban J connectivity index is 0.000001000. The van der Waals surface area contributed by atoms with Crippen molar-refractivity contribution in [3.8, 4) is 0 Å². The molecule has 1 radical (unpaired) electrons. The zero-order valence-corrected chi connectivity index (χ0v) is 10.3. The topological polar surface area (TPSA) is 0 Å². The minimum atomic E-state index is 0. The maximum absolute atomic E-state index is 4.14. The molecule has 0 N–H and O–H groups in total. The third kappa shape index (κ3) is 5.51. The van der Waals surface area contributed by atoms with Crippen LogP contribution in [0, 0.1) is 123 Å². The molecule has 73 valence electrons. The number of unbranched alkanes of at least 4 members (excludes halogenated alkanes) is 1. The number of hydrogen-bond acceptors (Lipinski definition) is 0. The van der Waals surface area contributed by atoms with E-state index in [0.29, 0.717) is 44.2 Å². The van der Waals surface area contributed by atoms with Gasteiger partial charge in [0, 0.05) is 0 Å². The summed E-state index contributed by atoms with van der Waals surface area (Å²) in [6.07, 6.45) is 4.68. The van der Waals surface area contributed by atoms with Gasteiger partial charge in [-0.15, -0.1) is 0 Å². The molecule has 1 unspecified atom stereocenters. The summed E-state index contributed by atoms with van der Waals surface area (Å²) >= 11 is 0.685. The van der Waals surface area contributed by atoms with Crippen molar-refractivity contribution in [1.29, 1.82) is 0 Å². The van der Waals surface area contributed by atoms with Gasteiger partial charge in [-0.25, -0.2) is 0 Å². The van der Waals surface area contributed by atoms with Gasteiger partial charge in [0.15, 0.2) is 0 Å². The summed E-state index contributed by atoms with van der Waals surface area (Å²) in [6.45, 7) is 7.97. The molecule has 0 aromatic rings. The average molecular weight is 428 g/mol. The van der Waals surface area contributed by atoms with Gasteiger partial charge in [-0.1, -0.05) is 0 Å². The molecule has 1 fully saturated rings. The molecular weight excluding hydrogens is 412 g/mol. The van der Waals surface area contributed by atoms with E-state index >= 15 is 0 Å². The molecule has 0 nitrogen and oxygen atoms in total. The molecule has 0 aromatic heterocycles. The van der Waals surface area contributed by atoms with Gasteiger partial charge in [0.1, 0.15) is 0 Å². The zero-order valence-electron chi connectivity index (χ0n) is 6.60. The normalized spacial score (nSPS) is 30.7. The standard InChI is InChI=1S/C9H15Xe.Yb/c1-3-4-5-9-7-10-6-8(9)2;/h5,8-9H,1-4,6-7H2;/q-3;+3/t8-,9?;/m1./s1. The second-order valence-electron chi connectivity index (χ2n) is 2.77. The first-order valence-corrected chi connectivity index (χ1v) is 6.65. The minimum absolute atomic E-state index is 0. The molecule has 0 amide bonds. The van der Waals surface area contributed by atoms with Crippen LogP contribution in [-0.2, 0) is 0 Å². The molecule has 0 aromatic carbocycles. The Morgan fingerprint density at radius 3 is 2.64 bits per heavy atom. The summed E-state index contributed by atoms with van der Waals surface area (Å²) in [7, 11) is 0. The Kier molecular flexibility index (Phi) is 10.8. The van der Waals surface area contributed by atoms with Crippen LogP contribution in [-0.4, -0.2) is 0 Å². The second-order valence-corrected chi connectivity index (χ2v) is 5.42. The zero-order chi connectivity index (χ0) is 7.40. The first-order valence-electron chi connectivity index (χ1n) is 3.80. The molecule has 1 aliphatic rings. The summed E-state index contributed by atoms with van der Waals surface area (Å²) in [5, 5.41) is 0. The third-order valence-electron chi connectivity index (χ3n) is 1.84. The van der Waals surface area contributed by atoms with Crippen LogP contribution >= 0.6 is 0 Å². The van der Waals surface area contributed by atoms with E-state index < -0.39 is 0 Å². The Hall–Kier alpha value is 3.09. The first kappa shape index (κ1) is 14.1. The molecule has 1 saturated heterocycles. The van der Waals surface area contributed by atoms with Gasteiger partial charge in [-0.2, -0.15) is 0 Å². The Labute approximate surface area is 134 Å². The largest absolute Gasteiger partial charge is 3.00 e. The summed E-state index contributed by atoms with van der Waals surface area (Å²) in [4.78, 5) is 0. The maximum Gasteiger partial charge on any atom is 3.00 e. The van der Waals surface area contributed by atoms with Crippen molar-refractivity contribution in [1.82, 2.24) is 0 Å². The van der Waals surface area contributed by atoms with E-state index in [9.17, 15) is 0 Å². The van der Waals surface area contributed by atoms with Crippen LogP contribution in [0.1, 0.15) is 12.8 Å². The van der Waals surface area contributed by atoms with E-state index in [2.05, 4.69) is 20.3 Å². The molecule has 0 spiro atoms. The van der Waals surface area contributed by atoms with Gasteiger partial charge in [-0.3, -0.25) is 0 Å². The van der Waals surface area contributed by atoms with Gasteiger partial charge >= 0.3 is 138 Å². The van der Waals surface area contributed by atoms with Crippen molar-refractivity contribution in [3.63, 3.8) is 0 Å². The van der Waals surface area contributed by atoms with Crippen molar-refractivity contribution in [2.24, 2.45) is 11.8 Å². The summed E-state index contributed by atoms with van der Waals surface area (Å²) in [5.41, 5.74) is 0. The second kappa shape index (κ2) is 8.40. The molecule has 1 aliphatic heterocycles. The summed E-state index contributed by atoms with van der Waals surface area (Å²) < 4.78 is 2.88. The van der Waals surface area contributed by atoms with E-state index in [1.807, 2.05) is 0 Å². The summed E-state index contributed by atoms with van der Waals surface area (Å²) in [6, 6.07) is 0. The van der Waals surface area contributed by atoms with Crippen molar-refractivity contribution in [2.75, 3.05) is 0 Å². The monoisotopic (exact) mass is 429 g/mol. The van der Waals surface area contributed by atoms with Crippen molar-refractivity contribution < 1.29 is 91.1 Å². The number of hydrogen-bond donors (Lipinski definition) is 0. The van der Waals surface area contributed by atoms with Gasteiger partial charge in [0.25, 0.3) is 0 Å². The van der Waals surface area contributed by atoms with Crippen molar-refractivity contribution in [2.45, 2.75) is 14.6 Å². The molecule has 1 heterocycles. The Morgan fingerprint density at radius 1 is 1.45 bits per heavy atom. The molecular formula is C9H15XeYb. The molecule has 0 aliphatic carbocycles. The van der Waals surface area contributed by atoms with Crippen LogP contribution in [0.2, 0.25) is 1.78 Å². The molecule has 2 atom stereocenters. The maximum atomic E-state index is 4.14. The smallest absolute Gasteiger partial charge is 3.00 e. The van der Waals surface area contributed by atoms with Gasteiger partial charge < -0.3 is 0 Å². The van der Waals surface area contributed by atoms with E-state index in [1.165, 1.54) is 8.20 Å². The molecule has 2 heteroatoms. The Morgan fingerprint density at radius 2 is 2.18 bits per heavy atom. The fourth-order valence-corrected chi connectivity index (χ4v) is 4.49. The van der Waals surface area contributed by atoms with Crippen molar-refractivity contribution >= 4 is 0 Å². The Bertz CT molecular complexity index is 95.6. The van der Waals surface area contributed by atoms with Crippen LogP contribution in [0.5, 0.6) is 0 Å². The fourth-order valence-electron chi connectivity index (χ4n) is 1.12. The molecule has 11 heavy (non-hydrogen) atoms. The van der Waals surface area contributed by atoms with Gasteiger partial charge in [0.05, 0.1) is 0 Å². The minimum Gasteiger partial charge on any atom is 3.00 e. The van der Waals surface area contributed by atoms with E-state index in [4.69, 9.17) is 0 Å². The van der Waals surface area contributed by atoms with Crippen LogP contribution in [0.4, 0.5) is 0 Å². The van der Waals surface area contributed by atoms with Gasteiger partial charge in [-0.05, 0) is 0 Å². The average Bonchev–Trinajstić information content (AvgIpc) is 2.31.